The fourth-order valence-corrected chi connectivity index (χ4v) is 2.17. The molecular weight excluding hydrogens is 190 g/mol. The zero-order chi connectivity index (χ0) is 10.3. The van der Waals surface area contributed by atoms with Crippen LogP contribution < -0.4 is 10.5 Å². The van der Waals surface area contributed by atoms with E-state index in [4.69, 9.17) is 10.5 Å². The molecule has 0 radical (unpaired) electrons. The lowest BCUT2D eigenvalue weighted by Gasteiger charge is -2.04. The summed E-state index contributed by atoms with van der Waals surface area (Å²) in [4.78, 5) is 0. The predicted molar refractivity (Wildman–Crippen MR) is 58.0 cm³/mol. The van der Waals surface area contributed by atoms with Crippen LogP contribution in [-0.4, -0.2) is 22.9 Å². The summed E-state index contributed by atoms with van der Waals surface area (Å²) in [7, 11) is 0. The van der Waals surface area contributed by atoms with E-state index in [2.05, 4.69) is 11.2 Å². The maximum absolute atomic E-state index is 5.56. The highest BCUT2D eigenvalue weighted by atomic mass is 16.5. The van der Waals surface area contributed by atoms with Gasteiger partial charge in [-0.2, -0.15) is 5.10 Å². The van der Waals surface area contributed by atoms with Crippen LogP contribution in [0.1, 0.15) is 5.56 Å². The first-order chi connectivity index (χ1) is 7.40. The van der Waals surface area contributed by atoms with Gasteiger partial charge in [0, 0.05) is 23.9 Å². The summed E-state index contributed by atoms with van der Waals surface area (Å²) < 4.78 is 7.51. The average molecular weight is 203 g/mol. The van der Waals surface area contributed by atoms with Crippen molar-refractivity contribution in [2.24, 2.45) is 5.73 Å². The van der Waals surface area contributed by atoms with Gasteiger partial charge in [-0.25, -0.2) is 0 Å². The van der Waals surface area contributed by atoms with Crippen LogP contribution >= 0.6 is 0 Å². The van der Waals surface area contributed by atoms with E-state index in [-0.39, 0.29) is 0 Å². The van der Waals surface area contributed by atoms with Crippen molar-refractivity contribution in [3.63, 3.8) is 0 Å². The SMILES string of the molecule is NCCn1ncc2ccc3c(c21)CCO3. The van der Waals surface area contributed by atoms with Crippen LogP contribution in [0.3, 0.4) is 0 Å². The highest BCUT2D eigenvalue weighted by molar-refractivity contribution is 5.84. The Morgan fingerprint density at radius 1 is 1.47 bits per heavy atom. The molecule has 0 aliphatic carbocycles. The molecular formula is C11H13N3O. The van der Waals surface area contributed by atoms with Crippen LogP contribution in [0.5, 0.6) is 5.75 Å². The first-order valence-corrected chi connectivity index (χ1v) is 5.20. The summed E-state index contributed by atoms with van der Waals surface area (Å²) in [5.74, 6) is 1.00. The third kappa shape index (κ3) is 1.22. The van der Waals surface area contributed by atoms with Gasteiger partial charge in [-0.3, -0.25) is 4.68 Å². The first kappa shape index (κ1) is 8.73. The smallest absolute Gasteiger partial charge is 0.124 e. The van der Waals surface area contributed by atoms with E-state index < -0.39 is 0 Å². The summed E-state index contributed by atoms with van der Waals surface area (Å²) in [6, 6.07) is 4.08. The molecule has 3 rings (SSSR count). The fourth-order valence-electron chi connectivity index (χ4n) is 2.17. The molecule has 1 aliphatic rings. The molecule has 0 unspecified atom stereocenters. The zero-order valence-corrected chi connectivity index (χ0v) is 8.44. The molecule has 0 saturated carbocycles. The van der Waals surface area contributed by atoms with Crippen molar-refractivity contribution < 1.29 is 4.74 Å². The number of ether oxygens (including phenoxy) is 1. The molecule has 4 heteroatoms. The van der Waals surface area contributed by atoms with E-state index in [9.17, 15) is 0 Å². The maximum atomic E-state index is 5.56. The Morgan fingerprint density at radius 2 is 2.40 bits per heavy atom. The minimum absolute atomic E-state index is 0.612. The number of benzene rings is 1. The maximum Gasteiger partial charge on any atom is 0.124 e. The fraction of sp³-hybridized carbons (Fsp3) is 0.364. The molecule has 4 nitrogen and oxygen atoms in total. The van der Waals surface area contributed by atoms with Crippen LogP contribution in [-0.2, 0) is 13.0 Å². The van der Waals surface area contributed by atoms with Gasteiger partial charge in [0.25, 0.3) is 0 Å². The molecule has 1 aromatic heterocycles. The van der Waals surface area contributed by atoms with Gasteiger partial charge in [0.05, 0.1) is 24.9 Å². The summed E-state index contributed by atoms with van der Waals surface area (Å²) in [5, 5.41) is 5.52. The van der Waals surface area contributed by atoms with E-state index in [1.165, 1.54) is 16.5 Å². The molecule has 1 aliphatic heterocycles. The lowest BCUT2D eigenvalue weighted by atomic mass is 10.1. The largest absolute Gasteiger partial charge is 0.493 e. The highest BCUT2D eigenvalue weighted by Gasteiger charge is 2.17. The quantitative estimate of drug-likeness (QED) is 0.790. The van der Waals surface area contributed by atoms with Gasteiger partial charge in [0.15, 0.2) is 0 Å². The lowest BCUT2D eigenvalue weighted by Crippen LogP contribution is -2.11. The van der Waals surface area contributed by atoms with Crippen LogP contribution in [0.4, 0.5) is 0 Å². The van der Waals surface area contributed by atoms with Crippen molar-refractivity contribution in [2.45, 2.75) is 13.0 Å². The van der Waals surface area contributed by atoms with Crippen molar-refractivity contribution in [2.75, 3.05) is 13.2 Å². The van der Waals surface area contributed by atoms with Crippen LogP contribution in [0, 0.1) is 0 Å². The molecule has 0 bridgehead atoms. The minimum atomic E-state index is 0.612. The number of aromatic nitrogens is 2. The summed E-state index contributed by atoms with van der Waals surface area (Å²) >= 11 is 0. The minimum Gasteiger partial charge on any atom is -0.493 e. The molecule has 2 aromatic rings. The number of nitrogens with two attached hydrogens (primary N) is 1. The first-order valence-electron chi connectivity index (χ1n) is 5.20. The average Bonchev–Trinajstić information content (AvgIpc) is 2.83. The Hall–Kier alpha value is -1.55. The van der Waals surface area contributed by atoms with Crippen molar-refractivity contribution in [1.82, 2.24) is 9.78 Å². The lowest BCUT2D eigenvalue weighted by molar-refractivity contribution is 0.357. The molecule has 15 heavy (non-hydrogen) atoms. The number of rotatable bonds is 2. The van der Waals surface area contributed by atoms with Crippen LogP contribution in [0.2, 0.25) is 0 Å². The van der Waals surface area contributed by atoms with Gasteiger partial charge in [-0.15, -0.1) is 0 Å². The Bertz CT molecular complexity index is 504. The van der Waals surface area contributed by atoms with Crippen molar-refractivity contribution >= 4 is 10.9 Å². The predicted octanol–water partition coefficient (Wildman–Crippen LogP) is 0.930. The van der Waals surface area contributed by atoms with Crippen molar-refractivity contribution in [1.29, 1.82) is 0 Å². The summed E-state index contributed by atoms with van der Waals surface area (Å²) in [6.45, 7) is 2.16. The van der Waals surface area contributed by atoms with Gasteiger partial charge in [-0.1, -0.05) is 0 Å². The third-order valence-corrected chi connectivity index (χ3v) is 2.82. The van der Waals surface area contributed by atoms with E-state index >= 15 is 0 Å². The molecule has 0 atom stereocenters. The molecule has 0 spiro atoms. The molecule has 2 heterocycles. The topological polar surface area (TPSA) is 53.1 Å². The second-order valence-corrected chi connectivity index (χ2v) is 3.73. The molecule has 0 saturated heterocycles. The Balaban J connectivity index is 2.26. The van der Waals surface area contributed by atoms with E-state index in [0.29, 0.717) is 6.54 Å². The van der Waals surface area contributed by atoms with Crippen LogP contribution in [0.25, 0.3) is 10.9 Å². The van der Waals surface area contributed by atoms with Crippen LogP contribution in [0.15, 0.2) is 18.3 Å². The standard InChI is InChI=1S/C11H13N3O/c12-4-5-14-11-8(7-13-14)1-2-10-9(11)3-6-15-10/h1-2,7H,3-6,12H2. The van der Waals surface area contributed by atoms with Gasteiger partial charge in [0.1, 0.15) is 5.75 Å². The summed E-state index contributed by atoms with van der Waals surface area (Å²) in [5.41, 5.74) is 8.03. The number of hydrogen-bond acceptors (Lipinski definition) is 3. The highest BCUT2D eigenvalue weighted by Crippen LogP contribution is 2.32. The second kappa shape index (κ2) is 3.24. The van der Waals surface area contributed by atoms with Crippen molar-refractivity contribution in [3.8, 4) is 5.75 Å². The molecule has 0 amide bonds. The molecule has 78 valence electrons. The third-order valence-electron chi connectivity index (χ3n) is 2.82. The molecule has 1 aromatic carbocycles. The Morgan fingerprint density at radius 3 is 3.27 bits per heavy atom. The van der Waals surface area contributed by atoms with Gasteiger partial charge in [-0.05, 0) is 12.1 Å². The van der Waals surface area contributed by atoms with E-state index in [0.717, 1.165) is 25.3 Å². The van der Waals surface area contributed by atoms with E-state index in [1.54, 1.807) is 0 Å². The molecule has 0 fully saturated rings. The van der Waals surface area contributed by atoms with Crippen molar-refractivity contribution in [3.05, 3.63) is 23.9 Å². The van der Waals surface area contributed by atoms with Gasteiger partial charge in [0.2, 0.25) is 0 Å². The number of nitrogens with zero attached hydrogens (tertiary/aromatic N) is 2. The number of hydrogen-bond donors (Lipinski definition) is 1. The Labute approximate surface area is 87.6 Å². The molecule has 2 N–H and O–H groups in total. The Kier molecular flexibility index (Phi) is 1.89. The second-order valence-electron chi connectivity index (χ2n) is 3.73. The summed E-state index contributed by atoms with van der Waals surface area (Å²) in [6.07, 6.45) is 2.87. The normalized spacial score (nSPS) is 14.2. The van der Waals surface area contributed by atoms with Gasteiger partial charge < -0.3 is 10.5 Å². The van der Waals surface area contributed by atoms with Gasteiger partial charge >= 0.3 is 0 Å². The zero-order valence-electron chi connectivity index (χ0n) is 8.44. The van der Waals surface area contributed by atoms with E-state index in [1.807, 2.05) is 16.9 Å². The monoisotopic (exact) mass is 203 g/mol. The number of fused-ring (bicyclic) bond motifs is 3.